The fourth-order valence-corrected chi connectivity index (χ4v) is 3.38. The molecule has 1 aromatic carbocycles. The summed E-state index contributed by atoms with van der Waals surface area (Å²) in [5.74, 6) is 1.90. The molecule has 8 heteroatoms. The number of anilines is 3. The molecule has 1 fully saturated rings. The van der Waals surface area contributed by atoms with Crippen molar-refractivity contribution in [1.29, 1.82) is 0 Å². The van der Waals surface area contributed by atoms with E-state index in [2.05, 4.69) is 25.4 Å². The molecule has 1 aliphatic heterocycles. The zero-order valence-electron chi connectivity index (χ0n) is 16.8. The molecule has 0 atom stereocenters. The average molecular weight is 406 g/mol. The molecule has 1 N–H and O–H groups in total. The van der Waals surface area contributed by atoms with Crippen molar-refractivity contribution in [3.05, 3.63) is 71.7 Å². The monoisotopic (exact) mass is 406 g/mol. The molecule has 1 saturated heterocycles. The summed E-state index contributed by atoms with van der Waals surface area (Å²) in [5.41, 5.74) is 1.75. The van der Waals surface area contributed by atoms with Crippen LogP contribution in [0.15, 0.2) is 54.6 Å². The lowest BCUT2D eigenvalue weighted by molar-refractivity contribution is -0.130. The van der Waals surface area contributed by atoms with E-state index >= 15 is 0 Å². The molecule has 1 amide bonds. The third-order valence-electron chi connectivity index (χ3n) is 5.02. The number of nitrogens with zero attached hydrogens (tertiary/aromatic N) is 5. The van der Waals surface area contributed by atoms with Crippen LogP contribution in [0, 0.1) is 12.7 Å². The van der Waals surface area contributed by atoms with Gasteiger partial charge in [-0.25, -0.2) is 9.37 Å². The van der Waals surface area contributed by atoms with Crippen LogP contribution >= 0.6 is 0 Å². The van der Waals surface area contributed by atoms with Gasteiger partial charge in [0, 0.05) is 31.9 Å². The molecule has 0 radical (unpaired) electrons. The van der Waals surface area contributed by atoms with Gasteiger partial charge in [0.25, 0.3) is 0 Å². The van der Waals surface area contributed by atoms with E-state index in [-0.39, 0.29) is 18.1 Å². The second-order valence-corrected chi connectivity index (χ2v) is 7.24. The fourth-order valence-electron chi connectivity index (χ4n) is 3.38. The van der Waals surface area contributed by atoms with Crippen LogP contribution in [0.5, 0.6) is 0 Å². The van der Waals surface area contributed by atoms with Crippen molar-refractivity contribution in [2.45, 2.75) is 13.3 Å². The molecule has 0 bridgehead atoms. The molecule has 2 aromatic heterocycles. The van der Waals surface area contributed by atoms with Crippen LogP contribution in [-0.2, 0) is 11.2 Å². The van der Waals surface area contributed by atoms with E-state index in [0.29, 0.717) is 32.0 Å². The normalized spacial score (nSPS) is 13.9. The number of halogens is 1. The maximum absolute atomic E-state index is 13.0. The number of rotatable bonds is 5. The summed E-state index contributed by atoms with van der Waals surface area (Å²) in [5, 5.41) is 11.7. The van der Waals surface area contributed by atoms with Gasteiger partial charge in [0.1, 0.15) is 11.6 Å². The van der Waals surface area contributed by atoms with Gasteiger partial charge in [-0.1, -0.05) is 18.2 Å². The van der Waals surface area contributed by atoms with Crippen molar-refractivity contribution in [3.63, 3.8) is 0 Å². The second kappa shape index (κ2) is 8.86. The van der Waals surface area contributed by atoms with E-state index in [1.54, 1.807) is 12.1 Å². The minimum Gasteiger partial charge on any atom is -0.352 e. The zero-order valence-corrected chi connectivity index (χ0v) is 16.8. The van der Waals surface area contributed by atoms with Crippen molar-refractivity contribution in [3.8, 4) is 0 Å². The van der Waals surface area contributed by atoms with Crippen LogP contribution in [0.3, 0.4) is 0 Å². The van der Waals surface area contributed by atoms with Gasteiger partial charge in [-0.05, 0) is 48.9 Å². The Morgan fingerprint density at radius 3 is 2.40 bits per heavy atom. The van der Waals surface area contributed by atoms with Gasteiger partial charge in [-0.15, -0.1) is 10.2 Å². The smallest absolute Gasteiger partial charge is 0.227 e. The van der Waals surface area contributed by atoms with Crippen LogP contribution < -0.4 is 10.2 Å². The first-order valence-electron chi connectivity index (χ1n) is 9.88. The molecular formula is C22H23FN6O. The SMILES string of the molecule is Cc1cccc(Nc2ccc(N3CCN(C(=O)Cc4ccc(F)cc4)CC3)nn2)n1. The molecular weight excluding hydrogens is 383 g/mol. The molecule has 30 heavy (non-hydrogen) atoms. The first-order chi connectivity index (χ1) is 14.6. The molecule has 0 unspecified atom stereocenters. The van der Waals surface area contributed by atoms with Gasteiger partial charge in [-0.3, -0.25) is 4.79 Å². The Morgan fingerprint density at radius 1 is 0.967 bits per heavy atom. The number of nitrogens with one attached hydrogen (secondary N) is 1. The topological polar surface area (TPSA) is 74.2 Å². The van der Waals surface area contributed by atoms with Gasteiger partial charge in [-0.2, -0.15) is 0 Å². The van der Waals surface area contributed by atoms with Crippen LogP contribution in [0.1, 0.15) is 11.3 Å². The Balaban J connectivity index is 1.30. The highest BCUT2D eigenvalue weighted by atomic mass is 19.1. The van der Waals surface area contributed by atoms with Crippen molar-refractivity contribution < 1.29 is 9.18 Å². The summed E-state index contributed by atoms with van der Waals surface area (Å²) in [7, 11) is 0. The number of amides is 1. The molecule has 0 saturated carbocycles. The quantitative estimate of drug-likeness (QED) is 0.702. The van der Waals surface area contributed by atoms with Crippen LogP contribution in [-0.4, -0.2) is 52.2 Å². The number of aromatic nitrogens is 3. The average Bonchev–Trinajstić information content (AvgIpc) is 2.76. The molecule has 3 aromatic rings. The summed E-state index contributed by atoms with van der Waals surface area (Å²) >= 11 is 0. The summed E-state index contributed by atoms with van der Waals surface area (Å²) < 4.78 is 13.0. The molecule has 7 nitrogen and oxygen atoms in total. The van der Waals surface area contributed by atoms with Crippen molar-refractivity contribution >= 4 is 23.4 Å². The number of hydrogen-bond acceptors (Lipinski definition) is 6. The largest absolute Gasteiger partial charge is 0.352 e. The standard InChI is InChI=1S/C22H23FN6O/c1-16-3-2-4-19(24-16)25-20-9-10-21(27-26-20)28-11-13-29(14-12-28)22(30)15-17-5-7-18(23)8-6-17/h2-10H,11-15H2,1H3,(H,24,25,26). The van der Waals surface area contributed by atoms with Crippen LogP contribution in [0.4, 0.5) is 21.8 Å². The molecule has 0 spiro atoms. The van der Waals surface area contributed by atoms with Crippen LogP contribution in [0.2, 0.25) is 0 Å². The lowest BCUT2D eigenvalue weighted by atomic mass is 10.1. The van der Waals surface area contributed by atoms with Crippen molar-refractivity contribution in [2.75, 3.05) is 36.4 Å². The predicted molar refractivity (Wildman–Crippen MR) is 113 cm³/mol. The second-order valence-electron chi connectivity index (χ2n) is 7.24. The zero-order chi connectivity index (χ0) is 20.9. The third-order valence-corrected chi connectivity index (χ3v) is 5.02. The van der Waals surface area contributed by atoms with E-state index in [0.717, 1.165) is 22.9 Å². The summed E-state index contributed by atoms with van der Waals surface area (Å²) in [6.07, 6.45) is 0.285. The van der Waals surface area contributed by atoms with Gasteiger partial charge in [0.2, 0.25) is 5.91 Å². The van der Waals surface area contributed by atoms with E-state index in [9.17, 15) is 9.18 Å². The van der Waals surface area contributed by atoms with Gasteiger partial charge in [0.05, 0.1) is 6.42 Å². The Hall–Kier alpha value is -3.55. The van der Waals surface area contributed by atoms with Crippen molar-refractivity contribution in [1.82, 2.24) is 20.1 Å². The van der Waals surface area contributed by atoms with Gasteiger partial charge in [0.15, 0.2) is 11.6 Å². The molecule has 154 valence electrons. The maximum Gasteiger partial charge on any atom is 0.227 e. The van der Waals surface area contributed by atoms with Crippen LogP contribution in [0.25, 0.3) is 0 Å². The molecule has 1 aliphatic rings. The minimum absolute atomic E-state index is 0.0533. The fraction of sp³-hybridized carbons (Fsp3) is 0.273. The Bertz CT molecular complexity index is 1000. The lowest BCUT2D eigenvalue weighted by Crippen LogP contribution is -2.49. The highest BCUT2D eigenvalue weighted by Crippen LogP contribution is 2.17. The van der Waals surface area contributed by atoms with E-state index in [4.69, 9.17) is 0 Å². The van der Waals surface area contributed by atoms with E-state index in [1.165, 1.54) is 12.1 Å². The first-order valence-corrected chi connectivity index (χ1v) is 9.88. The number of benzene rings is 1. The highest BCUT2D eigenvalue weighted by molar-refractivity contribution is 5.79. The lowest BCUT2D eigenvalue weighted by Gasteiger charge is -2.35. The Labute approximate surface area is 174 Å². The number of hydrogen-bond donors (Lipinski definition) is 1. The number of aryl methyl sites for hydroxylation is 1. The Morgan fingerprint density at radius 2 is 1.73 bits per heavy atom. The van der Waals surface area contributed by atoms with E-state index < -0.39 is 0 Å². The molecule has 3 heterocycles. The predicted octanol–water partition coefficient (Wildman–Crippen LogP) is 2.95. The molecule has 0 aliphatic carbocycles. The summed E-state index contributed by atoms with van der Waals surface area (Å²) in [6, 6.07) is 15.6. The first kappa shape index (κ1) is 19.8. The van der Waals surface area contributed by atoms with E-state index in [1.807, 2.05) is 42.2 Å². The number of carbonyl (C=O) groups excluding carboxylic acids is 1. The number of carbonyl (C=O) groups is 1. The van der Waals surface area contributed by atoms with Crippen molar-refractivity contribution in [2.24, 2.45) is 0 Å². The summed E-state index contributed by atoms with van der Waals surface area (Å²) in [4.78, 5) is 20.9. The highest BCUT2D eigenvalue weighted by Gasteiger charge is 2.22. The van der Waals surface area contributed by atoms with Gasteiger partial charge >= 0.3 is 0 Å². The minimum atomic E-state index is -0.294. The third kappa shape index (κ3) is 4.89. The molecule has 4 rings (SSSR count). The number of pyridine rings is 1. The summed E-state index contributed by atoms with van der Waals surface area (Å²) in [6.45, 7) is 4.56. The Kier molecular flexibility index (Phi) is 5.83. The van der Waals surface area contributed by atoms with Gasteiger partial charge < -0.3 is 15.1 Å². The maximum atomic E-state index is 13.0. The number of piperazine rings is 1.